The van der Waals surface area contributed by atoms with Gasteiger partial charge in [-0.25, -0.2) is 17.9 Å². The van der Waals surface area contributed by atoms with E-state index in [9.17, 15) is 12.8 Å². The van der Waals surface area contributed by atoms with E-state index in [4.69, 9.17) is 5.14 Å². The van der Waals surface area contributed by atoms with Crippen molar-refractivity contribution >= 4 is 15.7 Å². The van der Waals surface area contributed by atoms with Crippen molar-refractivity contribution in [2.75, 3.05) is 11.9 Å². The molecule has 142 valence electrons. The number of hydrogen-bond donors (Lipinski definition) is 2. The highest BCUT2D eigenvalue weighted by Gasteiger charge is 2.57. The second-order valence-corrected chi connectivity index (χ2v) is 8.95. The summed E-state index contributed by atoms with van der Waals surface area (Å²) < 4.78 is 36.3. The summed E-state index contributed by atoms with van der Waals surface area (Å²) in [5, 5.41) is 8.49. The third-order valence-corrected chi connectivity index (χ3v) is 6.27. The summed E-state index contributed by atoms with van der Waals surface area (Å²) in [4.78, 5) is 0.0715. The molecule has 0 aliphatic heterocycles. The minimum Gasteiger partial charge on any atom is -0.384 e. The predicted molar refractivity (Wildman–Crippen MR) is 106 cm³/mol. The van der Waals surface area contributed by atoms with Gasteiger partial charge >= 0.3 is 0 Å². The van der Waals surface area contributed by atoms with Gasteiger partial charge in [-0.1, -0.05) is 44.2 Å². The molecule has 0 bridgehead atoms. The maximum atomic E-state index is 13.4. The van der Waals surface area contributed by atoms with Crippen molar-refractivity contribution in [2.24, 2.45) is 22.4 Å². The van der Waals surface area contributed by atoms with Crippen LogP contribution in [0.1, 0.15) is 26.3 Å². The van der Waals surface area contributed by atoms with Gasteiger partial charge in [-0.15, -0.1) is 0 Å². The molecule has 0 radical (unpaired) electrons. The lowest BCUT2D eigenvalue weighted by atomic mass is 10.0. The third-order valence-electron chi connectivity index (χ3n) is 5.24. The van der Waals surface area contributed by atoms with E-state index in [-0.39, 0.29) is 22.1 Å². The first-order valence-electron chi connectivity index (χ1n) is 8.54. The maximum absolute atomic E-state index is 13.4. The molecular formula is C20H27FN2O2S. The summed E-state index contributed by atoms with van der Waals surface area (Å²) in [6.45, 7) is 12.7. The number of nitrogens with one attached hydrogen (secondary N) is 1. The van der Waals surface area contributed by atoms with Gasteiger partial charge in [0.05, 0.1) is 4.91 Å². The Balaban J connectivity index is 2.05. The molecule has 0 aromatic heterocycles. The van der Waals surface area contributed by atoms with Gasteiger partial charge in [0.2, 0.25) is 10.0 Å². The van der Waals surface area contributed by atoms with E-state index in [1.165, 1.54) is 24.3 Å². The highest BCUT2D eigenvalue weighted by molar-refractivity contribution is 7.93. The Labute approximate surface area is 155 Å². The molecule has 1 aliphatic rings. The Morgan fingerprint density at radius 3 is 2.62 bits per heavy atom. The van der Waals surface area contributed by atoms with Gasteiger partial charge in [0.15, 0.2) is 0 Å². The van der Waals surface area contributed by atoms with E-state index in [2.05, 4.69) is 25.7 Å². The average molecular weight is 379 g/mol. The van der Waals surface area contributed by atoms with Crippen LogP contribution in [-0.4, -0.2) is 15.0 Å². The molecule has 4 nitrogen and oxygen atoms in total. The molecule has 0 spiro atoms. The summed E-state index contributed by atoms with van der Waals surface area (Å²) in [5.74, 6) is 0.281. The predicted octanol–water partition coefficient (Wildman–Crippen LogP) is 4.12. The molecule has 2 rings (SSSR count). The van der Waals surface area contributed by atoms with Gasteiger partial charge in [0, 0.05) is 12.2 Å². The van der Waals surface area contributed by atoms with E-state index in [0.717, 1.165) is 16.8 Å². The standard InChI is InChI=1S/C20H27FN2O2S/c1-6-16(26(22,24)25)10-8-14(3)19-17(20(19,4)5)12-23-18-11-15(21)9-7-13(18)2/h6-11,17,19,23H,3,12H2,1-2,4-5H3,(H2,22,24,25)/b10-8-,16-6+/t17-,19-/m1/s1. The second-order valence-electron chi connectivity index (χ2n) is 7.39. The number of benzene rings is 1. The lowest BCUT2D eigenvalue weighted by molar-refractivity contribution is 0.558. The van der Waals surface area contributed by atoms with Crippen LogP contribution >= 0.6 is 0 Å². The van der Waals surface area contributed by atoms with Crippen LogP contribution in [-0.2, 0) is 10.0 Å². The number of allylic oxidation sites excluding steroid dienone is 4. The first-order valence-corrected chi connectivity index (χ1v) is 10.1. The summed E-state index contributed by atoms with van der Waals surface area (Å²) >= 11 is 0. The lowest BCUT2D eigenvalue weighted by Gasteiger charge is -2.10. The number of aryl methyl sites for hydroxylation is 1. The van der Waals surface area contributed by atoms with Crippen molar-refractivity contribution in [3.8, 4) is 0 Å². The molecule has 1 saturated carbocycles. The van der Waals surface area contributed by atoms with Gasteiger partial charge in [0.1, 0.15) is 5.82 Å². The van der Waals surface area contributed by atoms with Crippen molar-refractivity contribution in [2.45, 2.75) is 27.7 Å². The quantitative estimate of drug-likeness (QED) is 0.701. The summed E-state index contributed by atoms with van der Waals surface area (Å²) in [6, 6.07) is 4.70. The molecule has 1 aromatic carbocycles. The Morgan fingerprint density at radius 2 is 2.04 bits per heavy atom. The molecule has 0 saturated heterocycles. The second kappa shape index (κ2) is 7.37. The van der Waals surface area contributed by atoms with Gasteiger partial charge < -0.3 is 5.32 Å². The molecule has 6 heteroatoms. The first-order chi connectivity index (χ1) is 12.0. The maximum Gasteiger partial charge on any atom is 0.237 e. The lowest BCUT2D eigenvalue weighted by Crippen LogP contribution is -2.13. The van der Waals surface area contributed by atoms with Crippen LogP contribution in [0.15, 0.2) is 53.5 Å². The number of anilines is 1. The molecule has 0 heterocycles. The number of nitrogens with two attached hydrogens (primary N) is 1. The fourth-order valence-corrected chi connectivity index (χ4v) is 4.10. The molecular weight excluding hydrogens is 351 g/mol. The molecule has 26 heavy (non-hydrogen) atoms. The molecule has 1 fully saturated rings. The van der Waals surface area contributed by atoms with Crippen LogP contribution in [0.5, 0.6) is 0 Å². The molecule has 0 unspecified atom stereocenters. The van der Waals surface area contributed by atoms with Gasteiger partial charge in [-0.3, -0.25) is 0 Å². The van der Waals surface area contributed by atoms with Crippen LogP contribution in [0.3, 0.4) is 0 Å². The van der Waals surface area contributed by atoms with E-state index >= 15 is 0 Å². The van der Waals surface area contributed by atoms with Crippen LogP contribution < -0.4 is 10.5 Å². The Bertz CT molecular complexity index is 870. The fraction of sp³-hybridized carbons (Fsp3) is 0.400. The van der Waals surface area contributed by atoms with Crippen molar-refractivity contribution in [3.05, 3.63) is 64.9 Å². The number of primary sulfonamides is 1. The Morgan fingerprint density at radius 1 is 1.38 bits per heavy atom. The zero-order valence-corrected chi connectivity index (χ0v) is 16.5. The van der Waals surface area contributed by atoms with E-state index in [0.29, 0.717) is 12.5 Å². The molecule has 3 N–H and O–H groups in total. The summed E-state index contributed by atoms with van der Waals surface area (Å²) in [6.07, 6.45) is 4.68. The topological polar surface area (TPSA) is 72.2 Å². The third kappa shape index (κ3) is 4.43. The number of sulfonamides is 1. The monoisotopic (exact) mass is 378 g/mol. The summed E-state index contributed by atoms with van der Waals surface area (Å²) in [5.41, 5.74) is 2.68. The highest BCUT2D eigenvalue weighted by Crippen LogP contribution is 2.61. The zero-order chi connectivity index (χ0) is 19.7. The van der Waals surface area contributed by atoms with Gasteiger partial charge in [-0.05, 0) is 54.9 Å². The molecule has 2 atom stereocenters. The minimum atomic E-state index is -3.73. The van der Waals surface area contributed by atoms with Crippen molar-refractivity contribution < 1.29 is 12.8 Å². The highest BCUT2D eigenvalue weighted by atomic mass is 32.2. The minimum absolute atomic E-state index is 0.0351. The normalized spacial score (nSPS) is 22.5. The average Bonchev–Trinajstić information content (AvgIpc) is 3.08. The Kier molecular flexibility index (Phi) is 5.78. The number of halogens is 1. The van der Waals surface area contributed by atoms with Crippen LogP contribution in [0, 0.1) is 30.0 Å². The van der Waals surface area contributed by atoms with Gasteiger partial charge in [0.25, 0.3) is 0 Å². The van der Waals surface area contributed by atoms with E-state index in [1.807, 2.05) is 6.92 Å². The molecule has 1 aromatic rings. The van der Waals surface area contributed by atoms with Crippen molar-refractivity contribution in [3.63, 3.8) is 0 Å². The van der Waals surface area contributed by atoms with Gasteiger partial charge in [-0.2, -0.15) is 0 Å². The van der Waals surface area contributed by atoms with Crippen LogP contribution in [0.2, 0.25) is 0 Å². The zero-order valence-electron chi connectivity index (χ0n) is 15.7. The first kappa shape index (κ1) is 20.4. The number of hydrogen-bond acceptors (Lipinski definition) is 3. The van der Waals surface area contributed by atoms with Crippen LogP contribution in [0.25, 0.3) is 0 Å². The van der Waals surface area contributed by atoms with Crippen molar-refractivity contribution in [1.82, 2.24) is 0 Å². The Hall–Kier alpha value is -1.92. The molecule has 0 amide bonds. The van der Waals surface area contributed by atoms with Crippen molar-refractivity contribution in [1.29, 1.82) is 0 Å². The van der Waals surface area contributed by atoms with Crippen LogP contribution in [0.4, 0.5) is 10.1 Å². The summed E-state index contributed by atoms with van der Waals surface area (Å²) in [7, 11) is -3.73. The SMILES string of the molecule is C=C(/C=C\C(=C/C)S(N)(=O)=O)[C@@H]1[C@@H](CNc2cc(F)ccc2C)C1(C)C. The fourth-order valence-electron chi connectivity index (χ4n) is 3.51. The largest absolute Gasteiger partial charge is 0.384 e. The smallest absolute Gasteiger partial charge is 0.237 e. The van der Waals surface area contributed by atoms with E-state index in [1.54, 1.807) is 19.1 Å². The van der Waals surface area contributed by atoms with E-state index < -0.39 is 10.0 Å². The number of rotatable bonds is 7. The molecule has 1 aliphatic carbocycles.